The van der Waals surface area contributed by atoms with Crippen molar-refractivity contribution in [3.05, 3.63) is 30.7 Å². The number of hydrogen-bond acceptors (Lipinski definition) is 6. The van der Waals surface area contributed by atoms with Gasteiger partial charge in [0.25, 0.3) is 0 Å². The van der Waals surface area contributed by atoms with E-state index in [1.165, 1.54) is 10.7 Å². The normalized spacial score (nSPS) is 12.3. The molecule has 0 aromatic carbocycles. The minimum atomic E-state index is -5.08. The third-order valence-corrected chi connectivity index (χ3v) is 2.76. The highest BCUT2D eigenvalue weighted by molar-refractivity contribution is 5.64. The molecule has 0 saturated carbocycles. The monoisotopic (exact) mass is 314 g/mol. The van der Waals surface area contributed by atoms with Crippen molar-refractivity contribution >= 4 is 5.52 Å². The lowest BCUT2D eigenvalue weighted by molar-refractivity contribution is -0.456. The maximum atomic E-state index is 12.2. The van der Waals surface area contributed by atoms with Crippen LogP contribution in [0.2, 0.25) is 0 Å². The van der Waals surface area contributed by atoms with Gasteiger partial charge in [-0.05, 0) is 12.1 Å². The van der Waals surface area contributed by atoms with Gasteiger partial charge in [0, 0.05) is 18.8 Å². The molecular weight excluding hydrogens is 305 g/mol. The van der Waals surface area contributed by atoms with Gasteiger partial charge >= 0.3 is 12.3 Å². The van der Waals surface area contributed by atoms with Gasteiger partial charge in [0.05, 0.1) is 28.8 Å². The van der Waals surface area contributed by atoms with Gasteiger partial charge in [-0.25, -0.2) is 4.52 Å². The number of hydrogen-bond donors (Lipinski definition) is 1. The van der Waals surface area contributed by atoms with Crippen molar-refractivity contribution in [2.75, 3.05) is 0 Å². The Morgan fingerprint density at radius 3 is 2.68 bits per heavy atom. The molecule has 0 atom stereocenters. The number of fused-ring (bicyclic) bond motifs is 1. The first kappa shape index (κ1) is 14.3. The third-order valence-electron chi connectivity index (χ3n) is 2.76. The number of halogens is 3. The molecule has 0 saturated heterocycles. The maximum absolute atomic E-state index is 12.2. The Bertz CT molecular complexity index is 812. The Kier molecular flexibility index (Phi) is 3.22. The lowest BCUT2D eigenvalue weighted by Gasteiger charge is -2.15. The van der Waals surface area contributed by atoms with E-state index < -0.39 is 17.5 Å². The first-order chi connectivity index (χ1) is 10.3. The molecule has 8 nitrogen and oxygen atoms in total. The average molecular weight is 314 g/mol. The largest absolute Gasteiger partial charge is 0.517 e. The van der Waals surface area contributed by atoms with Gasteiger partial charge < -0.3 is 4.84 Å². The summed E-state index contributed by atoms with van der Waals surface area (Å²) in [6.45, 7) is 0. The van der Waals surface area contributed by atoms with E-state index >= 15 is 0 Å². The first-order valence-corrected chi connectivity index (χ1v) is 5.92. The molecule has 22 heavy (non-hydrogen) atoms. The van der Waals surface area contributed by atoms with Crippen molar-refractivity contribution in [3.63, 3.8) is 0 Å². The second-order valence-electron chi connectivity index (χ2n) is 4.33. The molecule has 0 aliphatic carbocycles. The molecule has 0 aliphatic heterocycles. The maximum Gasteiger partial charge on any atom is 0.517 e. The predicted octanol–water partition coefficient (Wildman–Crippen LogP) is 1.63. The Morgan fingerprint density at radius 2 is 2.05 bits per heavy atom. The highest BCUT2D eigenvalue weighted by Crippen LogP contribution is 2.23. The van der Waals surface area contributed by atoms with Crippen LogP contribution >= 0.6 is 0 Å². The van der Waals surface area contributed by atoms with Crippen molar-refractivity contribution in [1.29, 1.82) is 0 Å². The first-order valence-electron chi connectivity index (χ1n) is 5.92. The zero-order chi connectivity index (χ0) is 15.9. The average Bonchev–Trinajstić information content (AvgIpc) is 3.03. The van der Waals surface area contributed by atoms with Crippen LogP contribution in [-0.2, 0) is 7.05 Å². The van der Waals surface area contributed by atoms with E-state index in [-0.39, 0.29) is 0 Å². The number of alkyl halides is 3. The fourth-order valence-corrected chi connectivity index (χ4v) is 1.83. The van der Waals surface area contributed by atoms with Gasteiger partial charge in [0.1, 0.15) is 0 Å². The molecule has 11 heteroatoms. The molecule has 0 aliphatic rings. The number of aryl methyl sites for hydroxylation is 1. The SMILES string of the molecule is Cn1cc(-c2ccc3cnc(ON(O)C(F)(F)F)nn23)cn1. The van der Waals surface area contributed by atoms with Gasteiger partial charge in [-0.2, -0.15) is 23.3 Å². The van der Waals surface area contributed by atoms with Crippen LogP contribution < -0.4 is 4.84 Å². The molecule has 0 fully saturated rings. The van der Waals surface area contributed by atoms with Gasteiger partial charge in [0.15, 0.2) is 0 Å². The minimum Gasteiger partial charge on any atom is -0.329 e. The Morgan fingerprint density at radius 1 is 1.27 bits per heavy atom. The lowest BCUT2D eigenvalue weighted by atomic mass is 10.3. The number of rotatable bonds is 3. The van der Waals surface area contributed by atoms with Crippen molar-refractivity contribution in [2.45, 2.75) is 6.30 Å². The third kappa shape index (κ3) is 2.58. The van der Waals surface area contributed by atoms with Crippen molar-refractivity contribution in [2.24, 2.45) is 7.05 Å². The molecule has 116 valence electrons. The van der Waals surface area contributed by atoms with Crippen LogP contribution in [0.3, 0.4) is 0 Å². The van der Waals surface area contributed by atoms with Crippen LogP contribution in [0.25, 0.3) is 16.8 Å². The fourth-order valence-electron chi connectivity index (χ4n) is 1.83. The summed E-state index contributed by atoms with van der Waals surface area (Å²) in [6.07, 6.45) is -0.509. The Hall–Kier alpha value is -2.66. The second kappa shape index (κ2) is 4.96. The predicted molar refractivity (Wildman–Crippen MR) is 65.5 cm³/mol. The van der Waals surface area contributed by atoms with Gasteiger partial charge in [0.2, 0.25) is 0 Å². The van der Waals surface area contributed by atoms with E-state index in [4.69, 9.17) is 5.21 Å². The van der Waals surface area contributed by atoms with Gasteiger partial charge in [-0.15, -0.1) is 5.10 Å². The van der Waals surface area contributed by atoms with E-state index in [9.17, 15) is 13.2 Å². The summed E-state index contributed by atoms with van der Waals surface area (Å²) in [6, 6.07) is 2.74. The van der Waals surface area contributed by atoms with Crippen molar-refractivity contribution < 1.29 is 23.2 Å². The number of nitrogens with zero attached hydrogens (tertiary/aromatic N) is 6. The quantitative estimate of drug-likeness (QED) is 0.585. The summed E-state index contributed by atoms with van der Waals surface area (Å²) in [5.41, 5.74) is 1.85. The molecule has 0 radical (unpaired) electrons. The van der Waals surface area contributed by atoms with Gasteiger partial charge in [-0.1, -0.05) is 0 Å². The number of hydroxylamine groups is 2. The van der Waals surface area contributed by atoms with E-state index in [0.29, 0.717) is 16.8 Å². The summed E-state index contributed by atoms with van der Waals surface area (Å²) in [5.74, 6) is 0. The zero-order valence-electron chi connectivity index (χ0n) is 11.1. The molecule has 1 N–H and O–H groups in total. The van der Waals surface area contributed by atoms with E-state index in [1.54, 1.807) is 36.3 Å². The van der Waals surface area contributed by atoms with Crippen LogP contribution in [0, 0.1) is 0 Å². The van der Waals surface area contributed by atoms with Crippen LogP contribution in [0.5, 0.6) is 6.01 Å². The van der Waals surface area contributed by atoms with Crippen molar-refractivity contribution in [3.8, 4) is 17.3 Å². The molecule has 3 aromatic heterocycles. The highest BCUT2D eigenvalue weighted by atomic mass is 19.4. The smallest absolute Gasteiger partial charge is 0.329 e. The molecule has 0 spiro atoms. The molecule has 0 bridgehead atoms. The Balaban J connectivity index is 1.98. The van der Waals surface area contributed by atoms with Crippen LogP contribution in [-0.4, -0.2) is 41.1 Å². The standard InChI is InChI=1S/C11H9F3N6O2/c1-18-6-7(4-16-18)9-3-2-8-5-15-10(17-19(8)9)22-20(21)11(12,13)14/h2-6,21H,1H3. The molecule has 3 aromatic rings. The van der Waals surface area contributed by atoms with Crippen LogP contribution in [0.1, 0.15) is 0 Å². The molecule has 3 heterocycles. The van der Waals surface area contributed by atoms with Crippen LogP contribution in [0.4, 0.5) is 13.2 Å². The van der Waals surface area contributed by atoms with E-state index in [2.05, 4.69) is 20.0 Å². The van der Waals surface area contributed by atoms with E-state index in [1.807, 2.05) is 0 Å². The zero-order valence-corrected chi connectivity index (χ0v) is 11.1. The molecular formula is C11H9F3N6O2. The Labute approximate surface area is 120 Å². The van der Waals surface area contributed by atoms with E-state index in [0.717, 1.165) is 0 Å². The van der Waals surface area contributed by atoms with Crippen molar-refractivity contribution in [1.82, 2.24) is 29.6 Å². The summed E-state index contributed by atoms with van der Waals surface area (Å²) >= 11 is 0. The lowest BCUT2D eigenvalue weighted by Crippen LogP contribution is -2.38. The summed E-state index contributed by atoms with van der Waals surface area (Å²) in [7, 11) is 1.73. The van der Waals surface area contributed by atoms with Crippen LogP contribution in [0.15, 0.2) is 30.7 Å². The summed E-state index contributed by atoms with van der Waals surface area (Å²) in [5, 5.41) is 15.3. The minimum absolute atomic E-state index is 0.544. The number of aromatic nitrogens is 5. The summed E-state index contributed by atoms with van der Waals surface area (Å²) < 4.78 is 39.6. The second-order valence-corrected chi connectivity index (χ2v) is 4.33. The fraction of sp³-hybridized carbons (Fsp3) is 0.182. The molecule has 3 rings (SSSR count). The highest BCUT2D eigenvalue weighted by Gasteiger charge is 2.40. The molecule has 0 unspecified atom stereocenters. The molecule has 0 amide bonds. The topological polar surface area (TPSA) is 80.7 Å². The summed E-state index contributed by atoms with van der Waals surface area (Å²) in [4.78, 5) is 7.75. The van der Waals surface area contributed by atoms with Gasteiger partial charge in [-0.3, -0.25) is 9.89 Å².